The lowest BCUT2D eigenvalue weighted by molar-refractivity contribution is -0.145. The first-order valence-electron chi connectivity index (χ1n) is 9.40. The van der Waals surface area contributed by atoms with Crippen LogP contribution < -0.4 is 0 Å². The molecule has 1 fully saturated rings. The number of ether oxygens (including phenoxy) is 1. The van der Waals surface area contributed by atoms with Gasteiger partial charge >= 0.3 is 18.3 Å². The maximum absolute atomic E-state index is 13.8. The molecule has 0 amide bonds. The Morgan fingerprint density at radius 1 is 1.03 bits per heavy atom. The van der Waals surface area contributed by atoms with E-state index >= 15 is 0 Å². The van der Waals surface area contributed by atoms with E-state index in [-0.39, 0.29) is 17.5 Å². The molecule has 1 aromatic carbocycles. The molecule has 0 bridgehead atoms. The standard InChI is InChI=1S/C20H17F6NO5S/c1-32-15-9-12(8-13(15)18(28)29)33(30,31)16-3-2-10(6-14(16)19(21,22)23)11-4-5-27-17(7-11)20(24,25)26/h2-7,12-13,15H,8-9H2,1H3,(H,28,29)/t12-,13-,15-/m1/s1. The average Bonchev–Trinajstić information content (AvgIpc) is 3.18. The summed E-state index contributed by atoms with van der Waals surface area (Å²) in [6.07, 6.45) is -10.9. The highest BCUT2D eigenvalue weighted by atomic mass is 32.2. The third kappa shape index (κ3) is 4.98. The Labute approximate surface area is 184 Å². The monoisotopic (exact) mass is 497 g/mol. The summed E-state index contributed by atoms with van der Waals surface area (Å²) in [5, 5.41) is 7.82. The van der Waals surface area contributed by atoms with Crippen LogP contribution in [0.2, 0.25) is 0 Å². The van der Waals surface area contributed by atoms with Crippen molar-refractivity contribution in [3.8, 4) is 11.1 Å². The van der Waals surface area contributed by atoms with Crippen LogP contribution in [0.15, 0.2) is 41.4 Å². The van der Waals surface area contributed by atoms with Crippen molar-refractivity contribution in [2.45, 2.75) is 41.4 Å². The number of methoxy groups -OCH3 is 1. The van der Waals surface area contributed by atoms with Crippen LogP contribution in [0, 0.1) is 5.92 Å². The molecule has 33 heavy (non-hydrogen) atoms. The second kappa shape index (κ2) is 8.60. The van der Waals surface area contributed by atoms with E-state index in [1.165, 1.54) is 7.11 Å². The highest BCUT2D eigenvalue weighted by Crippen LogP contribution is 2.42. The van der Waals surface area contributed by atoms with Crippen molar-refractivity contribution in [2.75, 3.05) is 7.11 Å². The lowest BCUT2D eigenvalue weighted by Crippen LogP contribution is -2.24. The van der Waals surface area contributed by atoms with Crippen LogP contribution in [-0.4, -0.2) is 42.9 Å². The smallest absolute Gasteiger partial charge is 0.433 e. The first-order valence-corrected chi connectivity index (χ1v) is 10.9. The van der Waals surface area contributed by atoms with E-state index in [0.29, 0.717) is 18.2 Å². The van der Waals surface area contributed by atoms with E-state index in [1.54, 1.807) is 0 Å². The molecule has 3 atom stereocenters. The second-order valence-electron chi connectivity index (χ2n) is 7.49. The number of hydrogen-bond donors (Lipinski definition) is 1. The number of nitrogens with zero attached hydrogens (tertiary/aromatic N) is 1. The molecule has 0 aliphatic heterocycles. The number of benzene rings is 1. The van der Waals surface area contributed by atoms with Crippen LogP contribution in [0.1, 0.15) is 24.1 Å². The maximum Gasteiger partial charge on any atom is 0.433 e. The van der Waals surface area contributed by atoms with E-state index in [0.717, 1.165) is 18.3 Å². The van der Waals surface area contributed by atoms with Crippen LogP contribution in [0.4, 0.5) is 26.3 Å². The molecule has 0 spiro atoms. The summed E-state index contributed by atoms with van der Waals surface area (Å²) in [6, 6.07) is 3.73. The van der Waals surface area contributed by atoms with E-state index in [2.05, 4.69) is 4.98 Å². The molecule has 1 aromatic heterocycles. The van der Waals surface area contributed by atoms with Gasteiger partial charge in [0, 0.05) is 13.3 Å². The van der Waals surface area contributed by atoms with Crippen molar-refractivity contribution in [3.05, 3.63) is 47.8 Å². The number of halogens is 6. The van der Waals surface area contributed by atoms with Crippen molar-refractivity contribution < 1.29 is 49.4 Å². The Hall–Kier alpha value is -2.67. The van der Waals surface area contributed by atoms with Gasteiger partial charge in [-0.25, -0.2) is 8.42 Å². The quantitative estimate of drug-likeness (QED) is 0.614. The predicted molar refractivity (Wildman–Crippen MR) is 102 cm³/mol. The zero-order valence-electron chi connectivity index (χ0n) is 16.8. The molecule has 2 aromatic rings. The minimum Gasteiger partial charge on any atom is -0.481 e. The molecule has 1 aliphatic carbocycles. The molecule has 6 nitrogen and oxygen atoms in total. The molecule has 1 saturated carbocycles. The SMILES string of the molecule is CO[C@@H]1C[C@H](S(=O)(=O)c2ccc(-c3ccnc(C(F)(F)F)c3)cc2C(F)(F)F)C[C@H]1C(=O)O. The molecule has 1 aliphatic rings. The van der Waals surface area contributed by atoms with Gasteiger partial charge in [-0.3, -0.25) is 9.78 Å². The molecule has 0 unspecified atom stereocenters. The fourth-order valence-electron chi connectivity index (χ4n) is 3.85. The molecule has 1 N–H and O–H groups in total. The van der Waals surface area contributed by atoms with Crippen molar-refractivity contribution in [1.29, 1.82) is 0 Å². The number of carboxylic acid groups (broad SMARTS) is 1. The van der Waals surface area contributed by atoms with Crippen molar-refractivity contribution in [2.24, 2.45) is 5.92 Å². The minimum absolute atomic E-state index is 0.238. The zero-order valence-corrected chi connectivity index (χ0v) is 17.6. The van der Waals surface area contributed by atoms with Crippen molar-refractivity contribution in [1.82, 2.24) is 4.98 Å². The Morgan fingerprint density at radius 3 is 2.18 bits per heavy atom. The number of carbonyl (C=O) groups is 1. The highest BCUT2D eigenvalue weighted by Gasteiger charge is 2.47. The van der Waals surface area contributed by atoms with Gasteiger partial charge in [0.2, 0.25) is 0 Å². The summed E-state index contributed by atoms with van der Waals surface area (Å²) in [4.78, 5) is 13.4. The summed E-state index contributed by atoms with van der Waals surface area (Å²) < 4.78 is 111. The summed E-state index contributed by atoms with van der Waals surface area (Å²) >= 11 is 0. The van der Waals surface area contributed by atoms with Gasteiger partial charge in [0.15, 0.2) is 9.84 Å². The molecule has 180 valence electrons. The molecular weight excluding hydrogens is 480 g/mol. The maximum atomic E-state index is 13.8. The lowest BCUT2D eigenvalue weighted by atomic mass is 10.0. The summed E-state index contributed by atoms with van der Waals surface area (Å²) in [6.45, 7) is 0. The Kier molecular flexibility index (Phi) is 6.50. The van der Waals surface area contributed by atoms with Crippen molar-refractivity contribution >= 4 is 15.8 Å². The van der Waals surface area contributed by atoms with Crippen molar-refractivity contribution in [3.63, 3.8) is 0 Å². The molecule has 13 heteroatoms. The van der Waals surface area contributed by atoms with Crippen LogP contribution in [0.3, 0.4) is 0 Å². The normalized spacial score (nSPS) is 21.8. The average molecular weight is 497 g/mol. The van der Waals surface area contributed by atoms with Gasteiger partial charge in [-0.05, 0) is 48.2 Å². The Bertz CT molecular complexity index is 1160. The fourth-order valence-corrected chi connectivity index (χ4v) is 5.85. The number of hydrogen-bond acceptors (Lipinski definition) is 5. The molecule has 3 rings (SSSR count). The van der Waals surface area contributed by atoms with Gasteiger partial charge in [-0.2, -0.15) is 26.3 Å². The summed E-state index contributed by atoms with van der Waals surface area (Å²) in [7, 11) is -3.47. The van der Waals surface area contributed by atoms with Gasteiger partial charge < -0.3 is 9.84 Å². The topological polar surface area (TPSA) is 93.6 Å². The molecule has 1 heterocycles. The Balaban J connectivity index is 2.08. The fraction of sp³-hybridized carbons (Fsp3) is 0.400. The zero-order chi connectivity index (χ0) is 24.8. The second-order valence-corrected chi connectivity index (χ2v) is 9.69. The number of aromatic nitrogens is 1. The predicted octanol–water partition coefficient (Wildman–Crippen LogP) is 4.44. The van der Waals surface area contributed by atoms with Gasteiger partial charge in [-0.1, -0.05) is 6.07 Å². The number of rotatable bonds is 5. The van der Waals surface area contributed by atoms with E-state index < -0.39 is 68.0 Å². The molecule has 0 radical (unpaired) electrons. The van der Waals surface area contributed by atoms with E-state index in [4.69, 9.17) is 4.74 Å². The largest absolute Gasteiger partial charge is 0.481 e. The third-order valence-electron chi connectivity index (χ3n) is 5.49. The summed E-state index contributed by atoms with van der Waals surface area (Å²) in [5.41, 5.74) is -3.41. The van der Waals surface area contributed by atoms with Gasteiger partial charge in [-0.15, -0.1) is 0 Å². The third-order valence-corrected chi connectivity index (χ3v) is 7.73. The Morgan fingerprint density at radius 2 is 1.67 bits per heavy atom. The number of carboxylic acids is 1. The van der Waals surface area contributed by atoms with E-state index in [9.17, 15) is 44.7 Å². The molecule has 0 saturated heterocycles. The number of aliphatic carboxylic acids is 1. The number of pyridine rings is 1. The van der Waals surface area contributed by atoms with Gasteiger partial charge in [0.1, 0.15) is 5.69 Å². The summed E-state index contributed by atoms with van der Waals surface area (Å²) in [5.74, 6) is -2.54. The van der Waals surface area contributed by atoms with Crippen LogP contribution in [0.5, 0.6) is 0 Å². The lowest BCUT2D eigenvalue weighted by Gasteiger charge is -2.18. The number of sulfone groups is 1. The van der Waals surface area contributed by atoms with Gasteiger partial charge in [0.05, 0.1) is 27.7 Å². The van der Waals surface area contributed by atoms with Gasteiger partial charge in [0.25, 0.3) is 0 Å². The first kappa shape index (κ1) is 25.0. The van der Waals surface area contributed by atoms with Crippen LogP contribution in [0.25, 0.3) is 11.1 Å². The highest BCUT2D eigenvalue weighted by molar-refractivity contribution is 7.92. The van der Waals surface area contributed by atoms with E-state index in [1.807, 2.05) is 0 Å². The number of alkyl halides is 6. The molecular formula is C20H17F6NO5S. The minimum atomic E-state index is -5.15. The first-order chi connectivity index (χ1) is 15.2. The van der Waals surface area contributed by atoms with Crippen LogP contribution in [-0.2, 0) is 31.7 Å². The van der Waals surface area contributed by atoms with Crippen LogP contribution >= 0.6 is 0 Å².